The maximum Gasteiger partial charge on any atom is 0.0650 e. The molecule has 3 N–H and O–H groups in total. The van der Waals surface area contributed by atoms with Crippen LogP contribution in [0.5, 0.6) is 0 Å². The Bertz CT molecular complexity index is 38.7. The lowest BCUT2D eigenvalue weighted by Crippen LogP contribution is -2.33. The van der Waals surface area contributed by atoms with Crippen molar-refractivity contribution in [3.63, 3.8) is 0 Å². The molecule has 0 radical (unpaired) electrons. The lowest BCUT2D eigenvalue weighted by molar-refractivity contribution is 0.187. The van der Waals surface area contributed by atoms with Crippen LogP contribution >= 0.6 is 0 Å². The Morgan fingerprint density at radius 3 is 2.43 bits per heavy atom. The first kappa shape index (κ1) is 6.88. The monoisotopic (exact) mass is 104 g/mol. The molecule has 0 aromatic heterocycles. The molecular weight excluding hydrogens is 92.1 g/mol. The van der Waals surface area contributed by atoms with Crippen molar-refractivity contribution in [1.82, 2.24) is 10.9 Å². The highest BCUT2D eigenvalue weighted by Gasteiger charge is 1.88. The Labute approximate surface area is 43.7 Å². The molecule has 0 aliphatic rings. The second-order valence-corrected chi connectivity index (χ2v) is 1.48. The zero-order valence-electron chi connectivity index (χ0n) is 4.73. The third-order valence-electron chi connectivity index (χ3n) is 0.574. The smallest absolute Gasteiger partial charge is 0.0650 e. The first-order chi connectivity index (χ1) is 3.27. The van der Waals surface area contributed by atoms with E-state index in [1.807, 2.05) is 0 Å². The molecule has 0 amide bonds. The van der Waals surface area contributed by atoms with Gasteiger partial charge in [-0.05, 0) is 14.0 Å². The van der Waals surface area contributed by atoms with E-state index in [1.54, 1.807) is 14.0 Å². The van der Waals surface area contributed by atoms with Crippen molar-refractivity contribution in [3.05, 3.63) is 0 Å². The summed E-state index contributed by atoms with van der Waals surface area (Å²) in [5.74, 6) is 0. The maximum atomic E-state index is 8.58. The van der Waals surface area contributed by atoms with Crippen LogP contribution in [0, 0.1) is 0 Å². The molecule has 0 aliphatic heterocycles. The van der Waals surface area contributed by atoms with Crippen LogP contribution in [0.2, 0.25) is 0 Å². The lowest BCUT2D eigenvalue weighted by Gasteiger charge is -2.02. The third-order valence-corrected chi connectivity index (χ3v) is 0.574. The molecule has 1 atom stereocenters. The number of aliphatic hydroxyl groups excluding tert-OH is 1. The van der Waals surface area contributed by atoms with Gasteiger partial charge in [0.05, 0.1) is 6.10 Å². The quantitative estimate of drug-likeness (QED) is 0.406. The third kappa shape index (κ3) is 5.88. The standard InChI is InChI=1S/C4H12N2O/c1-4(7)3-6-5-2/h4-7H,3H2,1-2H3. The second kappa shape index (κ2) is 4.05. The molecule has 0 aliphatic carbocycles. The number of hydrazine groups is 1. The van der Waals surface area contributed by atoms with E-state index < -0.39 is 0 Å². The summed E-state index contributed by atoms with van der Waals surface area (Å²) in [7, 11) is 1.77. The van der Waals surface area contributed by atoms with Gasteiger partial charge in [-0.25, -0.2) is 0 Å². The van der Waals surface area contributed by atoms with Crippen LogP contribution in [0.3, 0.4) is 0 Å². The summed E-state index contributed by atoms with van der Waals surface area (Å²) in [5.41, 5.74) is 5.44. The van der Waals surface area contributed by atoms with Gasteiger partial charge in [-0.15, -0.1) is 0 Å². The highest BCUT2D eigenvalue weighted by atomic mass is 16.3. The van der Waals surface area contributed by atoms with Gasteiger partial charge in [-0.1, -0.05) is 0 Å². The van der Waals surface area contributed by atoms with Gasteiger partial charge >= 0.3 is 0 Å². The molecule has 7 heavy (non-hydrogen) atoms. The average Bonchev–Trinajstić information content (AvgIpc) is 1.61. The zero-order chi connectivity index (χ0) is 5.70. The van der Waals surface area contributed by atoms with Crippen LogP contribution in [0.4, 0.5) is 0 Å². The fourth-order valence-corrected chi connectivity index (χ4v) is 0.250. The topological polar surface area (TPSA) is 44.3 Å². The van der Waals surface area contributed by atoms with Gasteiger partial charge < -0.3 is 5.11 Å². The lowest BCUT2D eigenvalue weighted by atomic mass is 10.4. The summed E-state index contributed by atoms with van der Waals surface area (Å²) in [4.78, 5) is 0. The summed E-state index contributed by atoms with van der Waals surface area (Å²) in [6.45, 7) is 2.32. The van der Waals surface area contributed by atoms with E-state index in [0.717, 1.165) is 0 Å². The van der Waals surface area contributed by atoms with E-state index >= 15 is 0 Å². The molecule has 0 rings (SSSR count). The fraction of sp³-hybridized carbons (Fsp3) is 1.00. The van der Waals surface area contributed by atoms with Crippen LogP contribution in [0.25, 0.3) is 0 Å². The van der Waals surface area contributed by atoms with Crippen molar-refractivity contribution in [2.75, 3.05) is 13.6 Å². The number of aliphatic hydroxyl groups is 1. The molecule has 0 heterocycles. The summed E-state index contributed by atoms with van der Waals surface area (Å²) < 4.78 is 0. The van der Waals surface area contributed by atoms with Crippen molar-refractivity contribution < 1.29 is 5.11 Å². The average molecular weight is 104 g/mol. The molecule has 0 aromatic rings. The van der Waals surface area contributed by atoms with Crippen molar-refractivity contribution in [3.8, 4) is 0 Å². The molecule has 0 fully saturated rings. The first-order valence-corrected chi connectivity index (χ1v) is 2.35. The maximum absolute atomic E-state index is 8.58. The molecule has 44 valence electrons. The van der Waals surface area contributed by atoms with Gasteiger partial charge in [-0.2, -0.15) is 0 Å². The number of hydrogen-bond acceptors (Lipinski definition) is 3. The van der Waals surface area contributed by atoms with Crippen molar-refractivity contribution in [2.45, 2.75) is 13.0 Å². The van der Waals surface area contributed by atoms with Gasteiger partial charge in [0.25, 0.3) is 0 Å². The predicted octanol–water partition coefficient (Wildman–Crippen LogP) is -0.909. The van der Waals surface area contributed by atoms with Gasteiger partial charge in [0.1, 0.15) is 0 Å². The minimum absolute atomic E-state index is 0.271. The summed E-state index contributed by atoms with van der Waals surface area (Å²) in [6, 6.07) is 0. The van der Waals surface area contributed by atoms with E-state index in [0.29, 0.717) is 6.54 Å². The Morgan fingerprint density at radius 2 is 2.29 bits per heavy atom. The van der Waals surface area contributed by atoms with E-state index in [4.69, 9.17) is 5.11 Å². The molecule has 0 aromatic carbocycles. The molecule has 0 spiro atoms. The second-order valence-electron chi connectivity index (χ2n) is 1.48. The Morgan fingerprint density at radius 1 is 1.71 bits per heavy atom. The first-order valence-electron chi connectivity index (χ1n) is 2.35. The normalized spacial score (nSPS) is 14.1. The number of nitrogens with one attached hydrogen (secondary N) is 2. The predicted molar refractivity (Wildman–Crippen MR) is 28.7 cm³/mol. The van der Waals surface area contributed by atoms with E-state index in [1.165, 1.54) is 0 Å². The van der Waals surface area contributed by atoms with Crippen molar-refractivity contribution in [1.29, 1.82) is 0 Å². The molecule has 0 bridgehead atoms. The minimum Gasteiger partial charge on any atom is -0.392 e. The van der Waals surface area contributed by atoms with Crippen LogP contribution in [0.15, 0.2) is 0 Å². The molecular formula is C4H12N2O. The van der Waals surface area contributed by atoms with Gasteiger partial charge in [0.15, 0.2) is 0 Å². The summed E-state index contributed by atoms with van der Waals surface area (Å²) >= 11 is 0. The van der Waals surface area contributed by atoms with Crippen molar-refractivity contribution in [2.24, 2.45) is 0 Å². The Hall–Kier alpha value is -0.120. The molecule has 0 saturated heterocycles. The van der Waals surface area contributed by atoms with Crippen LogP contribution in [-0.2, 0) is 0 Å². The molecule has 1 unspecified atom stereocenters. The highest BCUT2D eigenvalue weighted by Crippen LogP contribution is 1.69. The molecule has 0 saturated carbocycles. The largest absolute Gasteiger partial charge is 0.392 e. The van der Waals surface area contributed by atoms with E-state index in [-0.39, 0.29) is 6.10 Å². The zero-order valence-corrected chi connectivity index (χ0v) is 4.73. The summed E-state index contributed by atoms with van der Waals surface area (Å²) in [5, 5.41) is 8.58. The Balaban J connectivity index is 2.68. The number of rotatable bonds is 3. The van der Waals surface area contributed by atoms with Crippen LogP contribution in [0.1, 0.15) is 6.92 Å². The van der Waals surface area contributed by atoms with Crippen molar-refractivity contribution >= 4 is 0 Å². The van der Waals surface area contributed by atoms with Gasteiger partial charge in [0, 0.05) is 6.54 Å². The van der Waals surface area contributed by atoms with Gasteiger partial charge in [-0.3, -0.25) is 10.9 Å². The molecule has 3 nitrogen and oxygen atoms in total. The van der Waals surface area contributed by atoms with Crippen LogP contribution < -0.4 is 10.9 Å². The summed E-state index contributed by atoms with van der Waals surface area (Å²) in [6.07, 6.45) is -0.271. The fourth-order valence-electron chi connectivity index (χ4n) is 0.250. The van der Waals surface area contributed by atoms with E-state index in [2.05, 4.69) is 10.9 Å². The van der Waals surface area contributed by atoms with Crippen LogP contribution in [-0.4, -0.2) is 24.8 Å². The molecule has 3 heteroatoms. The number of hydrogen-bond donors (Lipinski definition) is 3. The van der Waals surface area contributed by atoms with Gasteiger partial charge in [0.2, 0.25) is 0 Å². The SMILES string of the molecule is CNNCC(C)O. The Kier molecular flexibility index (Phi) is 3.98. The highest BCUT2D eigenvalue weighted by molar-refractivity contribution is 4.44. The van der Waals surface area contributed by atoms with E-state index in [9.17, 15) is 0 Å². The minimum atomic E-state index is -0.271.